The number of aryl methyl sites for hydroxylation is 2. The average molecular weight is 812 g/mol. The Hall–Kier alpha value is -8.28. The van der Waals surface area contributed by atoms with E-state index < -0.39 is 0 Å². The van der Waals surface area contributed by atoms with Crippen LogP contribution in [0.5, 0.6) is 0 Å². The van der Waals surface area contributed by atoms with Crippen molar-refractivity contribution in [3.63, 3.8) is 0 Å². The molecule has 0 atom stereocenters. The molecule has 2 heterocycles. The molecule has 0 fully saturated rings. The number of benzene rings is 7. The quantitative estimate of drug-likeness (QED) is 0.0802. The molecule has 0 bridgehead atoms. The molecule has 7 aromatic carbocycles. The van der Waals surface area contributed by atoms with Crippen LogP contribution in [-0.4, -0.2) is 20.8 Å². The Bertz CT molecular complexity index is 3080. The highest BCUT2D eigenvalue weighted by atomic mass is 14.9. The first-order chi connectivity index (χ1) is 30.9. The third-order valence-corrected chi connectivity index (χ3v) is 11.1. The Kier molecular flexibility index (Phi) is 11.6. The summed E-state index contributed by atoms with van der Waals surface area (Å²) >= 11 is 0. The molecule has 9 aromatic rings. The molecule has 0 radical (unpaired) electrons. The molecule has 2 aromatic heterocycles. The summed E-state index contributed by atoms with van der Waals surface area (Å²) in [5.41, 5.74) is 23.9. The Morgan fingerprint density at radius 3 is 1.70 bits per heavy atom. The van der Waals surface area contributed by atoms with Gasteiger partial charge in [-0.1, -0.05) is 195 Å². The van der Waals surface area contributed by atoms with Gasteiger partial charge in [0.2, 0.25) is 0 Å². The normalized spacial score (nSPS) is 11.7. The Morgan fingerprint density at radius 2 is 1.00 bits per heavy atom. The predicted octanol–water partition coefficient (Wildman–Crippen LogP) is 14.0. The van der Waals surface area contributed by atoms with Gasteiger partial charge in [-0.2, -0.15) is 0 Å². The Morgan fingerprint density at radius 1 is 0.460 bits per heavy atom. The number of pyridine rings is 1. The van der Waals surface area contributed by atoms with E-state index in [1.165, 1.54) is 0 Å². The fourth-order valence-electron chi connectivity index (χ4n) is 7.99. The van der Waals surface area contributed by atoms with E-state index in [1.807, 2.05) is 97.9 Å². The van der Waals surface area contributed by atoms with Crippen molar-refractivity contribution < 1.29 is 0 Å². The van der Waals surface area contributed by atoms with Crippen molar-refractivity contribution in [1.82, 2.24) is 15.0 Å². The van der Waals surface area contributed by atoms with Gasteiger partial charge in [-0.3, -0.25) is 4.98 Å². The van der Waals surface area contributed by atoms with Gasteiger partial charge in [0.15, 0.2) is 5.82 Å². The zero-order chi connectivity index (χ0) is 43.1. The number of hydrogen-bond acceptors (Lipinski definition) is 4. The second kappa shape index (κ2) is 18.1. The zero-order valence-electron chi connectivity index (χ0n) is 35.3. The standard InChI is InChI=1S/C58H45N5/c1-39(42-20-8-4-9-21-42)36-53(61-57(59)44-24-12-6-13-25-44)47-29-18-28-46(37-47)49-32-19-33-52(56(49)48-35-34-40(2)60-41(48)3)50-30-16-17-31-51(50)55-38-54(43-22-10-5-11-23-43)62-58(63-55)45-26-14-7-15-27-45/h4-38H,1H2,2-3H3,(H2,59,61)/b53-36-. The first-order valence-electron chi connectivity index (χ1n) is 21.0. The molecule has 63 heavy (non-hydrogen) atoms. The van der Waals surface area contributed by atoms with Crippen LogP contribution >= 0.6 is 0 Å². The lowest BCUT2D eigenvalue weighted by atomic mass is 9.84. The number of nitrogens with zero attached hydrogens (tertiary/aromatic N) is 4. The zero-order valence-corrected chi connectivity index (χ0v) is 35.3. The molecule has 0 saturated heterocycles. The number of aromatic nitrogens is 3. The van der Waals surface area contributed by atoms with Crippen molar-refractivity contribution in [2.24, 2.45) is 10.7 Å². The molecule has 2 N–H and O–H groups in total. The van der Waals surface area contributed by atoms with Crippen LogP contribution in [0.3, 0.4) is 0 Å². The lowest BCUT2D eigenvalue weighted by Crippen LogP contribution is -2.13. The van der Waals surface area contributed by atoms with E-state index in [0.29, 0.717) is 17.4 Å². The summed E-state index contributed by atoms with van der Waals surface area (Å²) in [7, 11) is 0. The molecular weight excluding hydrogens is 767 g/mol. The van der Waals surface area contributed by atoms with Crippen LogP contribution in [-0.2, 0) is 0 Å². The number of hydrogen-bond donors (Lipinski definition) is 1. The highest BCUT2D eigenvalue weighted by molar-refractivity contribution is 6.02. The summed E-state index contributed by atoms with van der Waals surface area (Å²) in [4.78, 5) is 20.4. The van der Waals surface area contributed by atoms with Crippen LogP contribution in [0.15, 0.2) is 224 Å². The lowest BCUT2D eigenvalue weighted by molar-refractivity contribution is 1.13. The van der Waals surface area contributed by atoms with Crippen LogP contribution < -0.4 is 5.73 Å². The highest BCUT2D eigenvalue weighted by Gasteiger charge is 2.21. The topological polar surface area (TPSA) is 77.0 Å². The van der Waals surface area contributed by atoms with Gasteiger partial charge < -0.3 is 5.73 Å². The van der Waals surface area contributed by atoms with E-state index in [1.54, 1.807) is 0 Å². The molecular formula is C58H45N5. The van der Waals surface area contributed by atoms with Crippen molar-refractivity contribution in [1.29, 1.82) is 0 Å². The molecule has 0 unspecified atom stereocenters. The number of allylic oxidation sites excluding steroid dienone is 2. The molecule has 0 aliphatic heterocycles. The molecule has 0 amide bonds. The molecule has 0 aliphatic carbocycles. The number of amidine groups is 1. The summed E-state index contributed by atoms with van der Waals surface area (Å²) in [6, 6.07) is 70.4. The van der Waals surface area contributed by atoms with E-state index in [-0.39, 0.29) is 0 Å². The fourth-order valence-corrected chi connectivity index (χ4v) is 7.99. The van der Waals surface area contributed by atoms with Crippen LogP contribution in [0.2, 0.25) is 0 Å². The summed E-state index contributed by atoms with van der Waals surface area (Å²) in [5.74, 6) is 1.09. The molecule has 5 nitrogen and oxygen atoms in total. The molecule has 5 heteroatoms. The number of rotatable bonds is 11. The van der Waals surface area contributed by atoms with E-state index in [4.69, 9.17) is 25.7 Å². The van der Waals surface area contributed by atoms with Crippen LogP contribution in [0.1, 0.15) is 28.1 Å². The lowest BCUT2D eigenvalue weighted by Gasteiger charge is -2.20. The van der Waals surface area contributed by atoms with Crippen molar-refractivity contribution in [2.75, 3.05) is 0 Å². The monoisotopic (exact) mass is 811 g/mol. The minimum atomic E-state index is 0.421. The van der Waals surface area contributed by atoms with Gasteiger partial charge in [-0.05, 0) is 77.1 Å². The van der Waals surface area contributed by atoms with Gasteiger partial charge in [-0.15, -0.1) is 0 Å². The third-order valence-electron chi connectivity index (χ3n) is 11.1. The van der Waals surface area contributed by atoms with Gasteiger partial charge in [0.05, 0.1) is 17.1 Å². The van der Waals surface area contributed by atoms with E-state index in [0.717, 1.165) is 95.1 Å². The maximum atomic E-state index is 6.72. The van der Waals surface area contributed by atoms with E-state index in [9.17, 15) is 0 Å². The maximum Gasteiger partial charge on any atom is 0.160 e. The maximum absolute atomic E-state index is 6.72. The summed E-state index contributed by atoms with van der Waals surface area (Å²) < 4.78 is 0. The minimum absolute atomic E-state index is 0.421. The second-order valence-corrected chi connectivity index (χ2v) is 15.4. The predicted molar refractivity (Wildman–Crippen MR) is 263 cm³/mol. The molecule has 0 saturated carbocycles. The smallest absolute Gasteiger partial charge is 0.160 e. The molecule has 0 spiro atoms. The molecule has 9 rings (SSSR count). The van der Waals surface area contributed by atoms with Gasteiger partial charge >= 0.3 is 0 Å². The van der Waals surface area contributed by atoms with E-state index >= 15 is 0 Å². The van der Waals surface area contributed by atoms with Crippen LogP contribution in [0, 0.1) is 13.8 Å². The Labute approximate surface area is 369 Å². The molecule has 302 valence electrons. The number of aliphatic imine (C=N–C) groups is 1. The van der Waals surface area contributed by atoms with Gasteiger partial charge in [0.25, 0.3) is 0 Å². The number of nitrogens with two attached hydrogens (primary N) is 1. The average Bonchev–Trinajstić information content (AvgIpc) is 3.34. The van der Waals surface area contributed by atoms with Gasteiger partial charge in [0.1, 0.15) is 5.84 Å². The van der Waals surface area contributed by atoms with Crippen LogP contribution in [0.25, 0.3) is 78.6 Å². The largest absolute Gasteiger partial charge is 0.383 e. The van der Waals surface area contributed by atoms with Crippen molar-refractivity contribution in [3.05, 3.63) is 247 Å². The first-order valence-corrected chi connectivity index (χ1v) is 21.0. The minimum Gasteiger partial charge on any atom is -0.383 e. The van der Waals surface area contributed by atoms with Crippen molar-refractivity contribution >= 4 is 17.1 Å². The van der Waals surface area contributed by atoms with Crippen molar-refractivity contribution in [2.45, 2.75) is 13.8 Å². The van der Waals surface area contributed by atoms with E-state index in [2.05, 4.69) is 135 Å². The Balaban J connectivity index is 1.24. The summed E-state index contributed by atoms with van der Waals surface area (Å²) in [6.45, 7) is 8.56. The third kappa shape index (κ3) is 8.81. The van der Waals surface area contributed by atoms with Crippen molar-refractivity contribution in [3.8, 4) is 67.3 Å². The highest BCUT2D eigenvalue weighted by Crippen LogP contribution is 2.45. The first kappa shape index (κ1) is 40.1. The second-order valence-electron chi connectivity index (χ2n) is 15.4. The summed E-state index contributed by atoms with van der Waals surface area (Å²) in [5, 5.41) is 0. The SMILES string of the molecule is C=C(/C=C(\N=C(/N)c1ccccc1)c1cccc(-c2cccc(-c3ccccc3-c3cc(-c4ccccc4)nc(-c4ccccc4)n3)c2-c2ccc(C)nc2C)c1)c1ccccc1. The van der Waals surface area contributed by atoms with Gasteiger partial charge in [0, 0.05) is 44.8 Å². The van der Waals surface area contributed by atoms with Crippen LogP contribution in [0.4, 0.5) is 0 Å². The molecule has 0 aliphatic rings. The fraction of sp³-hybridized carbons (Fsp3) is 0.0345. The summed E-state index contributed by atoms with van der Waals surface area (Å²) in [6.07, 6.45) is 2.01. The van der Waals surface area contributed by atoms with Gasteiger partial charge in [-0.25, -0.2) is 15.0 Å².